The zero-order valence-electron chi connectivity index (χ0n) is 16.6. The Morgan fingerprint density at radius 3 is 1.62 bits per heavy atom. The van der Waals surface area contributed by atoms with Gasteiger partial charge in [0.2, 0.25) is 0 Å². The highest BCUT2D eigenvalue weighted by atomic mass is 35.5. The molecule has 0 saturated heterocycles. The van der Waals surface area contributed by atoms with Gasteiger partial charge in [-0.25, -0.2) is 0 Å². The van der Waals surface area contributed by atoms with Crippen LogP contribution in [0, 0.1) is 0 Å². The van der Waals surface area contributed by atoms with E-state index in [0.717, 1.165) is 6.42 Å². The van der Waals surface area contributed by atoms with Gasteiger partial charge >= 0.3 is 0 Å². The van der Waals surface area contributed by atoms with Crippen LogP contribution in [-0.2, 0) is 4.74 Å². The summed E-state index contributed by atoms with van der Waals surface area (Å²) in [6, 6.07) is 0. The largest absolute Gasteiger partial charge is 0.378 e. The van der Waals surface area contributed by atoms with Crippen molar-refractivity contribution >= 4 is 32.0 Å². The summed E-state index contributed by atoms with van der Waals surface area (Å²) >= 11 is 11.9. The van der Waals surface area contributed by atoms with Crippen molar-refractivity contribution in [3.63, 3.8) is 0 Å². The van der Waals surface area contributed by atoms with Crippen LogP contribution in [0.1, 0.15) is 90.4 Å². The Labute approximate surface area is 163 Å². The molecule has 0 saturated carbocycles. The average Bonchev–Trinajstić information content (AvgIpc) is 2.57. The van der Waals surface area contributed by atoms with Gasteiger partial charge in [0.05, 0.1) is 20.6 Å². The predicted molar refractivity (Wildman–Crippen MR) is 115 cm³/mol. The third kappa shape index (κ3) is 12.2. The molecule has 0 aromatic heterocycles. The number of hydrogen-bond acceptors (Lipinski definition) is 1. The third-order valence-electron chi connectivity index (χ3n) is 5.24. The zero-order valence-corrected chi connectivity index (χ0v) is 19.2. The Morgan fingerprint density at radius 2 is 1.21 bits per heavy atom. The van der Waals surface area contributed by atoms with Gasteiger partial charge < -0.3 is 4.74 Å². The minimum atomic E-state index is -0.920. The van der Waals surface area contributed by atoms with Crippen molar-refractivity contribution in [1.29, 1.82) is 0 Å². The lowest BCUT2D eigenvalue weighted by molar-refractivity contribution is 0.0122. The van der Waals surface area contributed by atoms with Crippen molar-refractivity contribution in [2.24, 2.45) is 0 Å². The van der Waals surface area contributed by atoms with Crippen molar-refractivity contribution in [1.82, 2.24) is 0 Å². The summed E-state index contributed by atoms with van der Waals surface area (Å²) < 4.78 is 6.22. The number of halogens is 2. The van der Waals surface area contributed by atoms with Crippen molar-refractivity contribution in [2.75, 3.05) is 18.4 Å². The summed E-state index contributed by atoms with van der Waals surface area (Å²) in [5.41, 5.74) is 0. The van der Waals surface area contributed by atoms with Crippen LogP contribution in [-0.4, -0.2) is 32.4 Å². The molecule has 0 heterocycles. The minimum Gasteiger partial charge on any atom is -0.378 e. The first-order valence-electron chi connectivity index (χ1n) is 10.4. The SMILES string of the molecule is CCCCCCCCCCCCCC(CCCl)(OCCCl)[SiH](C)C. The first kappa shape index (κ1) is 24.8. The van der Waals surface area contributed by atoms with E-state index in [0.29, 0.717) is 18.4 Å². The van der Waals surface area contributed by atoms with Crippen LogP contribution in [0.3, 0.4) is 0 Å². The van der Waals surface area contributed by atoms with E-state index in [4.69, 9.17) is 27.9 Å². The Bertz CT molecular complexity index is 264. The summed E-state index contributed by atoms with van der Waals surface area (Å²) in [6.45, 7) is 7.73. The molecule has 0 aliphatic rings. The fraction of sp³-hybridized carbons (Fsp3) is 1.00. The average molecular weight is 398 g/mol. The Hall–Kier alpha value is 0.757. The maximum absolute atomic E-state index is 6.22. The van der Waals surface area contributed by atoms with Crippen molar-refractivity contribution in [3.8, 4) is 0 Å². The molecule has 0 aliphatic carbocycles. The molecule has 1 unspecified atom stereocenters. The molecule has 24 heavy (non-hydrogen) atoms. The van der Waals surface area contributed by atoms with E-state index in [2.05, 4.69) is 20.0 Å². The highest BCUT2D eigenvalue weighted by molar-refractivity contribution is 6.59. The van der Waals surface area contributed by atoms with E-state index >= 15 is 0 Å². The topological polar surface area (TPSA) is 9.23 Å². The lowest BCUT2D eigenvalue weighted by atomic mass is 10.0. The van der Waals surface area contributed by atoms with Crippen molar-refractivity contribution in [2.45, 2.75) is 109 Å². The Kier molecular flexibility index (Phi) is 17.7. The van der Waals surface area contributed by atoms with Gasteiger partial charge in [0.25, 0.3) is 0 Å². The van der Waals surface area contributed by atoms with Gasteiger partial charge in [-0.3, -0.25) is 0 Å². The number of unbranched alkanes of at least 4 members (excludes halogenated alkanes) is 10. The van der Waals surface area contributed by atoms with E-state index in [1.54, 1.807) is 0 Å². The van der Waals surface area contributed by atoms with Gasteiger partial charge in [-0.2, -0.15) is 0 Å². The summed E-state index contributed by atoms with van der Waals surface area (Å²) in [4.78, 5) is 0. The molecule has 0 rings (SSSR count). The highest BCUT2D eigenvalue weighted by Gasteiger charge is 2.34. The molecular weight excluding hydrogens is 355 g/mol. The second-order valence-electron chi connectivity index (χ2n) is 7.48. The summed E-state index contributed by atoms with van der Waals surface area (Å²) in [7, 11) is -0.920. The number of hydrogen-bond donors (Lipinski definition) is 0. The fourth-order valence-electron chi connectivity index (χ4n) is 3.50. The molecule has 4 heteroatoms. The van der Waals surface area contributed by atoms with Crippen molar-refractivity contribution < 1.29 is 4.74 Å². The quantitative estimate of drug-likeness (QED) is 0.134. The molecule has 0 amide bonds. The van der Waals surface area contributed by atoms with E-state index < -0.39 is 8.80 Å². The number of alkyl halides is 2. The first-order chi connectivity index (χ1) is 11.6. The standard InChI is InChI=1S/C20H42Cl2OSi/c1-4-5-6-7-8-9-10-11-12-13-14-15-20(16-17-21,24(2)3)23-19-18-22/h24H,4-19H2,1-3H3. The Balaban J connectivity index is 3.79. The molecule has 146 valence electrons. The van der Waals surface area contributed by atoms with Gasteiger partial charge in [-0.1, -0.05) is 90.6 Å². The molecule has 0 N–H and O–H groups in total. The fourth-order valence-corrected chi connectivity index (χ4v) is 6.04. The molecule has 0 bridgehead atoms. The highest BCUT2D eigenvalue weighted by Crippen LogP contribution is 2.28. The maximum atomic E-state index is 6.22. The molecular formula is C20H42Cl2OSi. The summed E-state index contributed by atoms with van der Waals surface area (Å²) in [5.74, 6) is 1.29. The molecule has 1 nitrogen and oxygen atoms in total. The minimum absolute atomic E-state index is 0.0654. The second kappa shape index (κ2) is 17.2. The zero-order chi connectivity index (χ0) is 18.1. The monoisotopic (exact) mass is 396 g/mol. The molecule has 0 aliphatic heterocycles. The van der Waals surface area contributed by atoms with Gasteiger partial charge in [0.15, 0.2) is 0 Å². The van der Waals surface area contributed by atoms with E-state index in [9.17, 15) is 0 Å². The van der Waals surface area contributed by atoms with E-state index in [-0.39, 0.29) is 5.22 Å². The van der Waals surface area contributed by atoms with Crippen LogP contribution in [0.15, 0.2) is 0 Å². The summed E-state index contributed by atoms with van der Waals surface area (Å²) in [5, 5.41) is 0.0654. The van der Waals surface area contributed by atoms with Crippen LogP contribution in [0.25, 0.3) is 0 Å². The van der Waals surface area contributed by atoms with E-state index in [1.807, 2.05) is 0 Å². The smallest absolute Gasteiger partial charge is 0.0695 e. The third-order valence-corrected chi connectivity index (χ3v) is 8.43. The van der Waals surface area contributed by atoms with Gasteiger partial charge in [-0.15, -0.1) is 23.2 Å². The summed E-state index contributed by atoms with van der Waals surface area (Å²) in [6.07, 6.45) is 17.5. The van der Waals surface area contributed by atoms with Gasteiger partial charge in [0.1, 0.15) is 0 Å². The van der Waals surface area contributed by atoms with Crippen LogP contribution in [0.4, 0.5) is 0 Å². The normalized spacial score (nSPS) is 14.2. The molecule has 0 spiro atoms. The molecule has 0 aromatic rings. The molecule has 0 radical (unpaired) electrons. The van der Waals surface area contributed by atoms with Crippen LogP contribution < -0.4 is 0 Å². The van der Waals surface area contributed by atoms with Crippen LogP contribution >= 0.6 is 23.2 Å². The van der Waals surface area contributed by atoms with Gasteiger partial charge in [0, 0.05) is 11.8 Å². The van der Waals surface area contributed by atoms with E-state index in [1.165, 1.54) is 77.0 Å². The lowest BCUT2D eigenvalue weighted by Gasteiger charge is -2.37. The second-order valence-corrected chi connectivity index (χ2v) is 11.6. The van der Waals surface area contributed by atoms with Gasteiger partial charge in [-0.05, 0) is 12.8 Å². The van der Waals surface area contributed by atoms with Crippen LogP contribution in [0.2, 0.25) is 13.1 Å². The molecule has 1 atom stereocenters. The van der Waals surface area contributed by atoms with Crippen molar-refractivity contribution in [3.05, 3.63) is 0 Å². The Morgan fingerprint density at radius 1 is 0.708 bits per heavy atom. The number of ether oxygens (including phenoxy) is 1. The lowest BCUT2D eigenvalue weighted by Crippen LogP contribution is -2.46. The number of rotatable bonds is 18. The first-order valence-corrected chi connectivity index (χ1v) is 14.3. The predicted octanol–water partition coefficient (Wildman–Crippen LogP) is 7.34. The maximum Gasteiger partial charge on any atom is 0.0695 e. The van der Waals surface area contributed by atoms with Crippen LogP contribution in [0.5, 0.6) is 0 Å². The molecule has 0 fully saturated rings. The molecule has 0 aromatic carbocycles.